The van der Waals surface area contributed by atoms with Gasteiger partial charge in [0.15, 0.2) is 0 Å². The zero-order valence-corrected chi connectivity index (χ0v) is 54.9. The Morgan fingerprint density at radius 3 is 1.98 bits per heavy atom. The van der Waals surface area contributed by atoms with Crippen LogP contribution in [0, 0.1) is 57.7 Å². The zero-order chi connectivity index (χ0) is 60.8. The van der Waals surface area contributed by atoms with Crippen molar-refractivity contribution < 1.29 is 47.0 Å². The number of benzene rings is 3. The van der Waals surface area contributed by atoms with E-state index < -0.39 is 20.2 Å². The van der Waals surface area contributed by atoms with Gasteiger partial charge in [0.05, 0.1) is 73.0 Å². The fourth-order valence-electron chi connectivity index (χ4n) is 15.3. The first-order chi connectivity index (χ1) is 41.1. The molecule has 0 aromatic heterocycles. The molecule has 3 aromatic carbocycles. The van der Waals surface area contributed by atoms with Crippen LogP contribution in [-0.4, -0.2) is 109 Å². The summed E-state index contributed by atoms with van der Waals surface area (Å²) >= 11 is 0. The smallest absolute Gasteiger partial charge is 0.407 e. The summed E-state index contributed by atoms with van der Waals surface area (Å²) in [5.74, 6) is 6.42. The highest BCUT2D eigenvalue weighted by molar-refractivity contribution is 7.44. The number of unbranched alkanes of at least 4 members (excludes halogenated alkanes) is 3. The van der Waals surface area contributed by atoms with Crippen molar-refractivity contribution in [3.63, 3.8) is 0 Å². The van der Waals surface area contributed by atoms with E-state index in [1.807, 2.05) is 66.7 Å². The number of ether oxygens (including phenoxy) is 7. The quantitative estimate of drug-likeness (QED) is 0.0254. The van der Waals surface area contributed by atoms with Crippen LogP contribution < -0.4 is 14.8 Å². The minimum atomic E-state index is -1.62. The highest BCUT2D eigenvalue weighted by Gasteiger charge is 2.59. The van der Waals surface area contributed by atoms with Crippen molar-refractivity contribution in [3.8, 4) is 17.6 Å². The standard InChI is InChI=1S/C71H108N3O10P/c1-52(2)21-19-22-55(7)65-35-36-66-64-34-29-59-49-62(37-39-69(59,8)67(64)38-40-70(65,66)9)83-68(75)73-42-17-12-13-18-43-78-45-46-79-47-48-80-50-63(84-85(82-44-20-41-72)74(53(3)4)54(5)6)51-81-71(56-23-15-14-16-24-56,57-25-30-60(76-10)31-26-57)58-27-32-61(77-11)33-28-58/h14-16,23-33,52-55,62-67H,12-13,17-22,34-40,42-51H2,1-11H3,(H,73,75)/t55-,62?,63+,64?,65?,66?,67?,69+,70-,85?/m1/s1. The Labute approximate surface area is 514 Å². The van der Waals surface area contributed by atoms with E-state index in [-0.39, 0.29) is 55.9 Å². The molecular formula is C71H108N3O10P. The average Bonchev–Trinajstić information content (AvgIpc) is 1.84. The van der Waals surface area contributed by atoms with Gasteiger partial charge in [-0.15, -0.1) is 0 Å². The summed E-state index contributed by atoms with van der Waals surface area (Å²) in [4.78, 5) is 13.0. The minimum Gasteiger partial charge on any atom is -0.497 e. The Morgan fingerprint density at radius 1 is 0.706 bits per heavy atom. The first kappa shape index (κ1) is 68.4. The largest absolute Gasteiger partial charge is 0.497 e. The molecular weight excluding hydrogens is 1090 g/mol. The van der Waals surface area contributed by atoms with Gasteiger partial charge in [-0.1, -0.05) is 133 Å². The molecule has 1 amide bonds. The number of allylic oxidation sites excluding steroid dienone is 1. The van der Waals surface area contributed by atoms with Crippen molar-refractivity contribution in [1.82, 2.24) is 9.99 Å². The molecule has 0 saturated heterocycles. The summed E-state index contributed by atoms with van der Waals surface area (Å²) in [7, 11) is 1.70. The normalized spacial score (nSPS) is 24.1. The van der Waals surface area contributed by atoms with E-state index in [1.165, 1.54) is 51.4 Å². The molecule has 14 heteroatoms. The van der Waals surface area contributed by atoms with Gasteiger partial charge in [0.25, 0.3) is 8.53 Å². The highest BCUT2D eigenvalue weighted by atomic mass is 31.2. The molecule has 7 rings (SSSR count). The van der Waals surface area contributed by atoms with Gasteiger partial charge in [-0.2, -0.15) is 5.26 Å². The summed E-state index contributed by atoms with van der Waals surface area (Å²) in [5, 5.41) is 12.5. The number of nitrogens with one attached hydrogen (secondary N) is 1. The highest BCUT2D eigenvalue weighted by Crippen LogP contribution is 2.67. The molecule has 3 aromatic rings. The lowest BCUT2D eigenvalue weighted by Gasteiger charge is -2.58. The van der Waals surface area contributed by atoms with Crippen molar-refractivity contribution in [2.24, 2.45) is 46.3 Å². The number of carbonyl (C=O) groups excluding carboxylic acids is 1. The second-order valence-corrected chi connectivity index (χ2v) is 27.7. The van der Waals surface area contributed by atoms with Crippen LogP contribution in [0.2, 0.25) is 0 Å². The first-order valence-corrected chi connectivity index (χ1v) is 33.8. The van der Waals surface area contributed by atoms with Gasteiger partial charge >= 0.3 is 6.09 Å². The van der Waals surface area contributed by atoms with Gasteiger partial charge < -0.3 is 47.5 Å². The fourth-order valence-corrected chi connectivity index (χ4v) is 17.0. The molecule has 0 radical (unpaired) electrons. The lowest BCUT2D eigenvalue weighted by Crippen LogP contribution is -2.51. The van der Waals surface area contributed by atoms with Gasteiger partial charge in [0.1, 0.15) is 29.3 Å². The van der Waals surface area contributed by atoms with E-state index in [9.17, 15) is 10.1 Å². The first-order valence-electron chi connectivity index (χ1n) is 32.7. The molecule has 0 aliphatic heterocycles. The molecule has 0 bridgehead atoms. The maximum absolute atomic E-state index is 13.0. The molecule has 4 aliphatic carbocycles. The Balaban J connectivity index is 0.814. The second-order valence-electron chi connectivity index (χ2n) is 26.3. The molecule has 0 spiro atoms. The number of nitrogens with zero attached hydrogens (tertiary/aromatic N) is 2. The Morgan fingerprint density at radius 2 is 1.34 bits per heavy atom. The van der Waals surface area contributed by atoms with Crippen LogP contribution in [-0.2, 0) is 38.3 Å². The lowest BCUT2D eigenvalue weighted by molar-refractivity contribution is -0.0651. The predicted molar refractivity (Wildman–Crippen MR) is 341 cm³/mol. The van der Waals surface area contributed by atoms with E-state index in [1.54, 1.807) is 19.8 Å². The van der Waals surface area contributed by atoms with Crippen LogP contribution in [0.25, 0.3) is 0 Å². The molecule has 85 heavy (non-hydrogen) atoms. The van der Waals surface area contributed by atoms with Crippen LogP contribution in [0.3, 0.4) is 0 Å². The Kier molecular flexibility index (Phi) is 27.4. The maximum Gasteiger partial charge on any atom is 0.407 e. The number of amides is 1. The molecule has 10 atom stereocenters. The van der Waals surface area contributed by atoms with Crippen molar-refractivity contribution >= 4 is 14.6 Å². The van der Waals surface area contributed by atoms with Gasteiger partial charge in [0, 0.05) is 31.7 Å². The number of hydrogen-bond acceptors (Lipinski definition) is 12. The van der Waals surface area contributed by atoms with Crippen molar-refractivity contribution in [2.75, 3.05) is 73.6 Å². The minimum absolute atomic E-state index is 0.0319. The second kappa shape index (κ2) is 34.0. The summed E-state index contributed by atoms with van der Waals surface area (Å²) in [6, 6.07) is 28.5. The molecule has 1 N–H and O–H groups in total. The van der Waals surface area contributed by atoms with Crippen LogP contribution in [0.5, 0.6) is 11.5 Å². The summed E-state index contributed by atoms with van der Waals surface area (Å²) < 4.78 is 58.3. The molecule has 4 aliphatic rings. The third kappa shape index (κ3) is 18.3. The fraction of sp³-hybridized carbons (Fsp3) is 0.690. The average molecular weight is 1190 g/mol. The van der Waals surface area contributed by atoms with Crippen molar-refractivity contribution in [1.29, 1.82) is 5.26 Å². The number of methoxy groups -OCH3 is 2. The third-order valence-corrected chi connectivity index (χ3v) is 21.8. The van der Waals surface area contributed by atoms with Crippen molar-refractivity contribution in [2.45, 2.75) is 195 Å². The third-order valence-electron chi connectivity index (χ3n) is 19.6. The van der Waals surface area contributed by atoms with E-state index in [0.717, 1.165) is 109 Å². The van der Waals surface area contributed by atoms with Crippen LogP contribution in [0.15, 0.2) is 90.5 Å². The Hall–Kier alpha value is -4.09. The van der Waals surface area contributed by atoms with Gasteiger partial charge in [0.2, 0.25) is 0 Å². The van der Waals surface area contributed by atoms with Crippen LogP contribution in [0.4, 0.5) is 4.79 Å². The number of rotatable bonds is 37. The van der Waals surface area contributed by atoms with E-state index in [2.05, 4.69) is 96.6 Å². The molecule has 3 saturated carbocycles. The van der Waals surface area contributed by atoms with Crippen molar-refractivity contribution in [3.05, 3.63) is 107 Å². The monoisotopic (exact) mass is 1190 g/mol. The van der Waals surface area contributed by atoms with Gasteiger partial charge in [-0.3, -0.25) is 0 Å². The van der Waals surface area contributed by atoms with E-state index >= 15 is 0 Å². The van der Waals surface area contributed by atoms with Crippen LogP contribution >= 0.6 is 8.53 Å². The zero-order valence-electron chi connectivity index (χ0n) is 54.0. The van der Waals surface area contributed by atoms with Gasteiger partial charge in [-0.25, -0.2) is 9.46 Å². The SMILES string of the molecule is COc1ccc(C(OC[C@H](COCCOCCOCCCCCCNC(=O)OC2CC[C@@]3(C)C(=CCC4C5CCC([C@H](C)CCCC(C)C)[C@@]5(C)CCC43)C2)OP(OCCC#N)N(C(C)C)C(C)C)(c2ccccc2)c2ccc(OC)cc2)cc1. The number of fused-ring (bicyclic) bond motifs is 5. The van der Waals surface area contributed by atoms with E-state index in [4.69, 9.17) is 42.2 Å². The number of hydrogen-bond donors (Lipinski definition) is 1. The Bertz CT molecular complexity index is 2430. The molecule has 472 valence electrons. The van der Waals surface area contributed by atoms with Crippen LogP contribution in [0.1, 0.15) is 182 Å². The number of alkyl carbamates (subject to hydrolysis) is 1. The topological polar surface area (TPSA) is 139 Å². The lowest BCUT2D eigenvalue weighted by atomic mass is 9.47. The molecule has 13 nitrogen and oxygen atoms in total. The molecule has 3 fully saturated rings. The summed E-state index contributed by atoms with van der Waals surface area (Å²) in [6.07, 6.45) is 19.8. The summed E-state index contributed by atoms with van der Waals surface area (Å²) in [6.45, 7) is 24.6. The van der Waals surface area contributed by atoms with E-state index in [0.29, 0.717) is 45.0 Å². The maximum atomic E-state index is 13.0. The summed E-state index contributed by atoms with van der Waals surface area (Å²) in [5.41, 5.74) is 3.98. The molecule has 6 unspecified atom stereocenters. The van der Waals surface area contributed by atoms with Gasteiger partial charge in [-0.05, 0) is 173 Å². The molecule has 0 heterocycles. The number of carbonyl (C=O) groups is 1. The predicted octanol–water partition coefficient (Wildman–Crippen LogP) is 16.4. The number of nitriles is 1.